The van der Waals surface area contributed by atoms with E-state index in [-0.39, 0.29) is 12.1 Å². The Kier molecular flexibility index (Phi) is 18.2. The predicted octanol–water partition coefficient (Wildman–Crippen LogP) is 10.7. The van der Waals surface area contributed by atoms with Crippen molar-refractivity contribution in [3.05, 3.63) is 65.2 Å². The lowest BCUT2D eigenvalue weighted by Crippen LogP contribution is -2.11. The van der Waals surface area contributed by atoms with Gasteiger partial charge in [-0.3, -0.25) is 4.79 Å². The number of unbranched alkanes of at least 4 members (excludes halogenated alkanes) is 14. The van der Waals surface area contributed by atoms with Crippen molar-refractivity contribution in [2.75, 3.05) is 6.61 Å². The van der Waals surface area contributed by atoms with Crippen molar-refractivity contribution in [3.8, 4) is 5.75 Å². The van der Waals surface area contributed by atoms with E-state index >= 15 is 0 Å². The molecule has 1 atom stereocenters. The van der Waals surface area contributed by atoms with Crippen molar-refractivity contribution in [1.82, 2.24) is 0 Å². The fourth-order valence-corrected chi connectivity index (χ4v) is 5.02. The summed E-state index contributed by atoms with van der Waals surface area (Å²) in [4.78, 5) is 12.5. The van der Waals surface area contributed by atoms with Crippen LogP contribution in [0.2, 0.25) is 0 Å². The van der Waals surface area contributed by atoms with Gasteiger partial charge in [-0.15, -0.1) is 0 Å². The van der Waals surface area contributed by atoms with Gasteiger partial charge >= 0.3 is 5.97 Å². The normalized spacial score (nSPS) is 11.9. The number of ether oxygens (including phenoxy) is 2. The number of esters is 1. The Morgan fingerprint density at radius 3 is 1.67 bits per heavy atom. The number of aryl methyl sites for hydroxylation is 1. The number of benzene rings is 2. The Hall–Kier alpha value is -2.29. The van der Waals surface area contributed by atoms with Gasteiger partial charge in [-0.05, 0) is 55.0 Å². The summed E-state index contributed by atoms with van der Waals surface area (Å²) in [5.74, 6) is 0.696. The average Bonchev–Trinajstić information content (AvgIpc) is 2.94. The second-order valence-corrected chi connectivity index (χ2v) is 11.2. The highest BCUT2D eigenvalue weighted by Crippen LogP contribution is 2.22. The molecule has 0 radical (unpaired) electrons. The maximum atomic E-state index is 12.5. The van der Waals surface area contributed by atoms with Gasteiger partial charge in [0.05, 0.1) is 13.0 Å². The molecule has 0 saturated carbocycles. The number of rotatable bonds is 23. The highest BCUT2D eigenvalue weighted by Gasteiger charge is 2.13. The Bertz CT molecular complexity index is 856. The first-order valence-corrected chi connectivity index (χ1v) is 16.1. The highest BCUT2D eigenvalue weighted by atomic mass is 16.5. The zero-order chi connectivity index (χ0) is 28.0. The summed E-state index contributed by atoms with van der Waals surface area (Å²) in [6.45, 7) is 7.22. The van der Waals surface area contributed by atoms with Crippen LogP contribution in [0.4, 0.5) is 0 Å². The third kappa shape index (κ3) is 15.8. The zero-order valence-corrected chi connectivity index (χ0v) is 25.4. The van der Waals surface area contributed by atoms with Crippen LogP contribution in [-0.2, 0) is 22.4 Å². The molecule has 0 amide bonds. The molecule has 0 aliphatic rings. The van der Waals surface area contributed by atoms with Gasteiger partial charge in [0.15, 0.2) is 0 Å². The van der Waals surface area contributed by atoms with Crippen molar-refractivity contribution in [2.45, 2.75) is 142 Å². The summed E-state index contributed by atoms with van der Waals surface area (Å²) in [5, 5.41) is 0. The second kappa shape index (κ2) is 21.5. The van der Waals surface area contributed by atoms with E-state index in [1.54, 1.807) is 0 Å². The molecule has 1 unspecified atom stereocenters. The fourth-order valence-electron chi connectivity index (χ4n) is 5.02. The standard InChI is InChI=1S/C36H56O3/c1-4-6-8-10-12-13-14-15-17-19-29-38-35-27-25-34(26-28-35)31(3)39-36(37)30-33-23-21-32(22-24-33)20-18-16-11-9-7-5-2/h21-28,31H,4-20,29-30H2,1-3H3. The summed E-state index contributed by atoms with van der Waals surface area (Å²) >= 11 is 0. The number of hydrogen-bond donors (Lipinski definition) is 0. The van der Waals surface area contributed by atoms with E-state index in [0.717, 1.165) is 36.3 Å². The summed E-state index contributed by atoms with van der Waals surface area (Å²) in [5.41, 5.74) is 3.35. The van der Waals surface area contributed by atoms with Crippen LogP contribution in [0.5, 0.6) is 5.75 Å². The Balaban J connectivity index is 1.58. The Morgan fingerprint density at radius 1 is 0.615 bits per heavy atom. The van der Waals surface area contributed by atoms with Gasteiger partial charge in [-0.1, -0.05) is 140 Å². The maximum absolute atomic E-state index is 12.5. The number of carbonyl (C=O) groups is 1. The molecule has 0 saturated heterocycles. The molecule has 0 bridgehead atoms. The summed E-state index contributed by atoms with van der Waals surface area (Å²) in [6, 6.07) is 16.4. The van der Waals surface area contributed by atoms with Gasteiger partial charge < -0.3 is 9.47 Å². The molecule has 0 aliphatic carbocycles. The molecule has 3 heteroatoms. The number of hydrogen-bond acceptors (Lipinski definition) is 3. The predicted molar refractivity (Wildman–Crippen MR) is 166 cm³/mol. The molecular formula is C36H56O3. The van der Waals surface area contributed by atoms with Gasteiger partial charge in [0.2, 0.25) is 0 Å². The molecule has 0 fully saturated rings. The molecule has 218 valence electrons. The Morgan fingerprint density at radius 2 is 1.10 bits per heavy atom. The van der Waals surface area contributed by atoms with E-state index in [1.165, 1.54) is 102 Å². The first kappa shape index (κ1) is 32.9. The van der Waals surface area contributed by atoms with E-state index in [0.29, 0.717) is 6.42 Å². The van der Waals surface area contributed by atoms with E-state index in [1.807, 2.05) is 31.2 Å². The van der Waals surface area contributed by atoms with Crippen LogP contribution in [0.3, 0.4) is 0 Å². The Labute approximate surface area is 240 Å². The summed E-state index contributed by atoms with van der Waals surface area (Å²) in [6.07, 6.45) is 22.3. The van der Waals surface area contributed by atoms with Crippen LogP contribution in [0.25, 0.3) is 0 Å². The average molecular weight is 537 g/mol. The van der Waals surface area contributed by atoms with Crippen LogP contribution in [0.15, 0.2) is 48.5 Å². The molecule has 0 aliphatic heterocycles. The van der Waals surface area contributed by atoms with Crippen LogP contribution in [0, 0.1) is 0 Å². The van der Waals surface area contributed by atoms with Crippen LogP contribution in [-0.4, -0.2) is 12.6 Å². The SMILES string of the molecule is CCCCCCCCCCCCOc1ccc(C(C)OC(=O)Cc2ccc(CCCCCCCC)cc2)cc1. The van der Waals surface area contributed by atoms with E-state index in [4.69, 9.17) is 9.47 Å². The molecular weight excluding hydrogens is 480 g/mol. The maximum Gasteiger partial charge on any atom is 0.310 e. The molecule has 2 aromatic carbocycles. The molecule has 0 heterocycles. The first-order chi connectivity index (χ1) is 19.1. The summed E-state index contributed by atoms with van der Waals surface area (Å²) in [7, 11) is 0. The molecule has 39 heavy (non-hydrogen) atoms. The second-order valence-electron chi connectivity index (χ2n) is 11.2. The molecule has 3 nitrogen and oxygen atoms in total. The lowest BCUT2D eigenvalue weighted by atomic mass is 10.0. The molecule has 0 N–H and O–H groups in total. The van der Waals surface area contributed by atoms with Crippen LogP contribution >= 0.6 is 0 Å². The monoisotopic (exact) mass is 536 g/mol. The van der Waals surface area contributed by atoms with Gasteiger partial charge in [0, 0.05) is 0 Å². The summed E-state index contributed by atoms with van der Waals surface area (Å²) < 4.78 is 11.6. The fraction of sp³-hybridized carbons (Fsp3) is 0.639. The molecule has 0 aromatic heterocycles. The van der Waals surface area contributed by atoms with E-state index in [2.05, 4.69) is 38.1 Å². The lowest BCUT2D eigenvalue weighted by Gasteiger charge is -2.15. The quantitative estimate of drug-likeness (QED) is 0.105. The minimum atomic E-state index is -0.277. The van der Waals surface area contributed by atoms with Crippen LogP contribution < -0.4 is 4.74 Å². The smallest absolute Gasteiger partial charge is 0.310 e. The van der Waals surface area contributed by atoms with Crippen LogP contribution in [0.1, 0.15) is 146 Å². The van der Waals surface area contributed by atoms with E-state index < -0.39 is 0 Å². The third-order valence-electron chi connectivity index (χ3n) is 7.61. The van der Waals surface area contributed by atoms with Crippen molar-refractivity contribution in [3.63, 3.8) is 0 Å². The molecule has 2 rings (SSSR count). The zero-order valence-electron chi connectivity index (χ0n) is 25.4. The van der Waals surface area contributed by atoms with Gasteiger partial charge in [0.25, 0.3) is 0 Å². The van der Waals surface area contributed by atoms with Gasteiger partial charge in [-0.25, -0.2) is 0 Å². The lowest BCUT2D eigenvalue weighted by molar-refractivity contribution is -0.147. The van der Waals surface area contributed by atoms with Gasteiger partial charge in [0.1, 0.15) is 11.9 Å². The third-order valence-corrected chi connectivity index (χ3v) is 7.61. The van der Waals surface area contributed by atoms with Gasteiger partial charge in [-0.2, -0.15) is 0 Å². The number of carbonyl (C=O) groups excluding carboxylic acids is 1. The topological polar surface area (TPSA) is 35.5 Å². The minimum Gasteiger partial charge on any atom is -0.494 e. The van der Waals surface area contributed by atoms with Crippen molar-refractivity contribution < 1.29 is 14.3 Å². The highest BCUT2D eigenvalue weighted by molar-refractivity contribution is 5.72. The van der Waals surface area contributed by atoms with E-state index in [9.17, 15) is 4.79 Å². The minimum absolute atomic E-state index is 0.188. The molecule has 2 aromatic rings. The first-order valence-electron chi connectivity index (χ1n) is 16.1. The largest absolute Gasteiger partial charge is 0.494 e. The molecule has 0 spiro atoms. The van der Waals surface area contributed by atoms with Crippen molar-refractivity contribution in [2.24, 2.45) is 0 Å². The van der Waals surface area contributed by atoms with Crippen molar-refractivity contribution in [1.29, 1.82) is 0 Å². The van der Waals surface area contributed by atoms with Crippen molar-refractivity contribution >= 4 is 5.97 Å².